The fourth-order valence-electron chi connectivity index (χ4n) is 2.08. The Balaban J connectivity index is 1.67. The lowest BCUT2D eigenvalue weighted by atomic mass is 10.1. The van der Waals surface area contributed by atoms with Crippen molar-refractivity contribution in [1.29, 1.82) is 0 Å². The molecule has 0 bridgehead atoms. The summed E-state index contributed by atoms with van der Waals surface area (Å²) in [5.41, 5.74) is 1.19. The number of anilines is 1. The van der Waals surface area contributed by atoms with E-state index in [9.17, 15) is 4.79 Å². The van der Waals surface area contributed by atoms with E-state index >= 15 is 0 Å². The number of amides is 1. The van der Waals surface area contributed by atoms with E-state index in [1.54, 1.807) is 0 Å². The van der Waals surface area contributed by atoms with Crippen LogP contribution in [0.5, 0.6) is 0 Å². The number of halogens is 1. The normalized spacial score (nSPS) is 21.6. The first-order chi connectivity index (χ1) is 8.75. The van der Waals surface area contributed by atoms with Gasteiger partial charge in [-0.05, 0) is 24.0 Å². The number of benzene rings is 1. The number of rotatable bonds is 3. The van der Waals surface area contributed by atoms with Crippen molar-refractivity contribution in [3.63, 3.8) is 0 Å². The van der Waals surface area contributed by atoms with Gasteiger partial charge < -0.3 is 0 Å². The highest BCUT2D eigenvalue weighted by molar-refractivity contribution is 9.10. The predicted octanol–water partition coefficient (Wildman–Crippen LogP) is 2.31. The van der Waals surface area contributed by atoms with Gasteiger partial charge in [0.25, 0.3) is 0 Å². The average molecular weight is 307 g/mol. The third kappa shape index (κ3) is 2.15. The monoisotopic (exact) mass is 306 g/mol. The second kappa shape index (κ2) is 4.53. The summed E-state index contributed by atoms with van der Waals surface area (Å²) >= 11 is 3.51. The molecule has 1 aromatic carbocycles. The number of H-pyrrole nitrogens is 1. The molecule has 1 saturated carbocycles. The molecule has 2 aromatic rings. The highest BCUT2D eigenvalue weighted by Crippen LogP contribution is 2.49. The van der Waals surface area contributed by atoms with Gasteiger partial charge in [-0.15, -0.1) is 0 Å². The highest BCUT2D eigenvalue weighted by Gasteiger charge is 2.44. The van der Waals surface area contributed by atoms with E-state index in [2.05, 4.69) is 42.5 Å². The molecule has 2 N–H and O–H groups in total. The molecule has 0 aliphatic heterocycles. The van der Waals surface area contributed by atoms with Gasteiger partial charge in [0.15, 0.2) is 0 Å². The van der Waals surface area contributed by atoms with Crippen LogP contribution in [0.3, 0.4) is 0 Å². The van der Waals surface area contributed by atoms with E-state index in [1.807, 2.05) is 18.2 Å². The van der Waals surface area contributed by atoms with Gasteiger partial charge in [0.1, 0.15) is 6.33 Å². The maximum atomic E-state index is 12.0. The van der Waals surface area contributed by atoms with Gasteiger partial charge in [0.2, 0.25) is 11.9 Å². The predicted molar refractivity (Wildman–Crippen MR) is 70.0 cm³/mol. The van der Waals surface area contributed by atoms with Crippen molar-refractivity contribution < 1.29 is 4.79 Å². The van der Waals surface area contributed by atoms with Crippen LogP contribution in [0.1, 0.15) is 17.9 Å². The van der Waals surface area contributed by atoms with Crippen molar-refractivity contribution in [2.75, 3.05) is 5.32 Å². The minimum Gasteiger partial charge on any atom is -0.295 e. The van der Waals surface area contributed by atoms with Gasteiger partial charge in [-0.3, -0.25) is 10.1 Å². The zero-order chi connectivity index (χ0) is 12.5. The summed E-state index contributed by atoms with van der Waals surface area (Å²) < 4.78 is 1.06. The first-order valence-electron chi connectivity index (χ1n) is 5.66. The molecule has 1 heterocycles. The minimum atomic E-state index is -0.00694. The number of hydrogen-bond donors (Lipinski definition) is 2. The fraction of sp³-hybridized carbons (Fsp3) is 0.250. The van der Waals surface area contributed by atoms with Crippen molar-refractivity contribution in [3.05, 3.63) is 40.6 Å². The van der Waals surface area contributed by atoms with Crippen molar-refractivity contribution >= 4 is 27.8 Å². The SMILES string of the molecule is O=C(Nc1ncn[nH]1)C1CC1c1ccccc1Br. The van der Waals surface area contributed by atoms with Crippen LogP contribution in [-0.2, 0) is 4.79 Å². The topological polar surface area (TPSA) is 70.7 Å². The number of hydrogen-bond acceptors (Lipinski definition) is 3. The summed E-state index contributed by atoms with van der Waals surface area (Å²) in [7, 11) is 0. The molecule has 1 fully saturated rings. The van der Waals surface area contributed by atoms with Crippen LogP contribution in [0.4, 0.5) is 5.95 Å². The van der Waals surface area contributed by atoms with E-state index in [0.29, 0.717) is 11.9 Å². The van der Waals surface area contributed by atoms with E-state index in [-0.39, 0.29) is 11.8 Å². The third-order valence-corrected chi connectivity index (χ3v) is 3.81. The fourth-order valence-corrected chi connectivity index (χ4v) is 2.66. The van der Waals surface area contributed by atoms with Crippen molar-refractivity contribution in [2.24, 2.45) is 5.92 Å². The van der Waals surface area contributed by atoms with Crippen LogP contribution in [0, 0.1) is 5.92 Å². The van der Waals surface area contributed by atoms with Crippen molar-refractivity contribution in [3.8, 4) is 0 Å². The van der Waals surface area contributed by atoms with Crippen LogP contribution in [0.25, 0.3) is 0 Å². The molecule has 5 nitrogen and oxygen atoms in total. The zero-order valence-electron chi connectivity index (χ0n) is 9.43. The smallest absolute Gasteiger partial charge is 0.230 e. The quantitative estimate of drug-likeness (QED) is 0.914. The van der Waals surface area contributed by atoms with Gasteiger partial charge in [-0.2, -0.15) is 10.1 Å². The van der Waals surface area contributed by atoms with Crippen LogP contribution < -0.4 is 5.32 Å². The molecule has 0 saturated heterocycles. The second-order valence-corrected chi connectivity index (χ2v) is 5.15. The molecule has 0 radical (unpaired) electrons. The molecule has 92 valence electrons. The standard InChI is InChI=1S/C12H11BrN4O/c13-10-4-2-1-3-7(10)8-5-9(8)11(18)16-12-14-6-15-17-12/h1-4,6,8-9H,5H2,(H2,14,15,16,17,18). The molecule has 0 spiro atoms. The van der Waals surface area contributed by atoms with E-state index < -0.39 is 0 Å². The summed E-state index contributed by atoms with van der Waals surface area (Å²) in [6, 6.07) is 8.01. The van der Waals surface area contributed by atoms with E-state index in [1.165, 1.54) is 11.9 Å². The summed E-state index contributed by atoms with van der Waals surface area (Å²) in [6.45, 7) is 0. The van der Waals surface area contributed by atoms with Crippen molar-refractivity contribution in [2.45, 2.75) is 12.3 Å². The lowest BCUT2D eigenvalue weighted by Gasteiger charge is -2.03. The number of nitrogens with one attached hydrogen (secondary N) is 2. The summed E-state index contributed by atoms with van der Waals surface area (Å²) in [4.78, 5) is 15.8. The highest BCUT2D eigenvalue weighted by atomic mass is 79.9. The van der Waals surface area contributed by atoms with Crippen molar-refractivity contribution in [1.82, 2.24) is 15.2 Å². The Morgan fingerprint density at radius 3 is 3.00 bits per heavy atom. The van der Waals surface area contributed by atoms with Crippen LogP contribution in [0.15, 0.2) is 35.1 Å². The lowest BCUT2D eigenvalue weighted by molar-refractivity contribution is -0.117. The zero-order valence-corrected chi connectivity index (χ0v) is 11.0. The summed E-state index contributed by atoms with van der Waals surface area (Å²) in [6.07, 6.45) is 2.25. The Morgan fingerprint density at radius 1 is 1.44 bits per heavy atom. The molecular weight excluding hydrogens is 296 g/mol. The van der Waals surface area contributed by atoms with Gasteiger partial charge in [0.05, 0.1) is 0 Å². The molecule has 3 rings (SSSR count). The Kier molecular flexibility index (Phi) is 2.87. The Hall–Kier alpha value is -1.69. The van der Waals surface area contributed by atoms with Gasteiger partial charge in [0, 0.05) is 10.4 Å². The Bertz CT molecular complexity index is 569. The summed E-state index contributed by atoms with van der Waals surface area (Å²) in [5.74, 6) is 0.711. The van der Waals surface area contributed by atoms with E-state index in [0.717, 1.165) is 10.9 Å². The number of nitrogens with zero attached hydrogens (tertiary/aromatic N) is 2. The maximum Gasteiger partial charge on any atom is 0.230 e. The maximum absolute atomic E-state index is 12.0. The first-order valence-corrected chi connectivity index (χ1v) is 6.45. The molecule has 6 heteroatoms. The van der Waals surface area contributed by atoms with Gasteiger partial charge in [-0.25, -0.2) is 5.10 Å². The van der Waals surface area contributed by atoms with Crippen LogP contribution in [0.2, 0.25) is 0 Å². The Labute approximate surface area is 112 Å². The molecule has 1 aliphatic carbocycles. The number of aromatic amines is 1. The largest absolute Gasteiger partial charge is 0.295 e. The number of carbonyl (C=O) groups is 1. The number of aromatic nitrogens is 3. The molecule has 2 unspecified atom stereocenters. The molecule has 1 aromatic heterocycles. The molecule has 18 heavy (non-hydrogen) atoms. The molecular formula is C12H11BrN4O. The molecule has 2 atom stereocenters. The van der Waals surface area contributed by atoms with Crippen LogP contribution in [-0.4, -0.2) is 21.1 Å². The first kappa shape index (κ1) is 11.4. The minimum absolute atomic E-state index is 0.00694. The van der Waals surface area contributed by atoms with E-state index in [4.69, 9.17) is 0 Å². The lowest BCUT2D eigenvalue weighted by Crippen LogP contribution is -2.15. The second-order valence-electron chi connectivity index (χ2n) is 4.29. The van der Waals surface area contributed by atoms with Gasteiger partial charge in [-0.1, -0.05) is 34.1 Å². The molecule has 1 aliphatic rings. The summed E-state index contributed by atoms with van der Waals surface area (Å²) in [5, 5.41) is 9.02. The third-order valence-electron chi connectivity index (χ3n) is 3.09. The van der Waals surface area contributed by atoms with Gasteiger partial charge >= 0.3 is 0 Å². The molecule has 1 amide bonds. The van der Waals surface area contributed by atoms with Crippen LogP contribution >= 0.6 is 15.9 Å². The average Bonchev–Trinajstić information content (AvgIpc) is 3.00. The Morgan fingerprint density at radius 2 is 2.28 bits per heavy atom. The number of carbonyl (C=O) groups excluding carboxylic acids is 1.